The average Bonchev–Trinajstić information content (AvgIpc) is 2.99. The number of nitrogens with one attached hydrogen (secondary N) is 1. The molecule has 0 unspecified atom stereocenters. The maximum atomic E-state index is 11.7. The van der Waals surface area contributed by atoms with Gasteiger partial charge < -0.3 is 14.5 Å². The number of benzene rings is 1. The largest absolute Gasteiger partial charge is 0.484 e. The standard InChI is InChI=1S/C17H21NO3/c1-13(2)15-3-5-16(6-4-15)21-12-17(19)18-9-7-14-8-10-20-11-14/h3-6,8,10-11,13H,7,9,12H2,1-2H3,(H,18,19). The van der Waals surface area contributed by atoms with Crippen LogP contribution in [0.3, 0.4) is 0 Å². The van der Waals surface area contributed by atoms with Crippen LogP contribution in [0, 0.1) is 0 Å². The normalized spacial score (nSPS) is 10.6. The fourth-order valence-corrected chi connectivity index (χ4v) is 1.93. The fraction of sp³-hybridized carbons (Fsp3) is 0.353. The minimum atomic E-state index is -0.119. The molecule has 21 heavy (non-hydrogen) atoms. The van der Waals surface area contributed by atoms with Gasteiger partial charge >= 0.3 is 0 Å². The van der Waals surface area contributed by atoms with Crippen molar-refractivity contribution in [1.82, 2.24) is 5.32 Å². The van der Waals surface area contributed by atoms with E-state index >= 15 is 0 Å². The summed E-state index contributed by atoms with van der Waals surface area (Å²) in [6.07, 6.45) is 4.06. The molecular formula is C17H21NO3. The number of hydrogen-bond acceptors (Lipinski definition) is 3. The maximum absolute atomic E-state index is 11.7. The van der Waals surface area contributed by atoms with Gasteiger partial charge in [-0.3, -0.25) is 4.79 Å². The topological polar surface area (TPSA) is 51.5 Å². The van der Waals surface area contributed by atoms with Gasteiger partial charge in [-0.05, 0) is 41.7 Å². The molecule has 0 aliphatic carbocycles. The predicted octanol–water partition coefficient (Wildman–Crippen LogP) is 3.14. The lowest BCUT2D eigenvalue weighted by atomic mass is 10.0. The Morgan fingerprint density at radius 1 is 1.24 bits per heavy atom. The molecule has 112 valence electrons. The molecule has 1 aromatic heterocycles. The number of furan rings is 1. The van der Waals surface area contributed by atoms with Gasteiger partial charge in [-0.2, -0.15) is 0 Å². The van der Waals surface area contributed by atoms with Crippen molar-refractivity contribution in [1.29, 1.82) is 0 Å². The van der Waals surface area contributed by atoms with Gasteiger partial charge in [0.2, 0.25) is 0 Å². The Morgan fingerprint density at radius 2 is 2.00 bits per heavy atom. The molecule has 0 aliphatic rings. The summed E-state index contributed by atoms with van der Waals surface area (Å²) in [6, 6.07) is 9.73. The van der Waals surface area contributed by atoms with Gasteiger partial charge in [0.15, 0.2) is 6.61 Å². The van der Waals surface area contributed by atoms with Crippen molar-refractivity contribution in [2.75, 3.05) is 13.2 Å². The Bertz CT molecular complexity index is 544. The molecule has 1 amide bonds. The van der Waals surface area contributed by atoms with Crippen LogP contribution in [0.25, 0.3) is 0 Å². The lowest BCUT2D eigenvalue weighted by Gasteiger charge is -2.09. The molecule has 0 saturated heterocycles. The van der Waals surface area contributed by atoms with Crippen molar-refractivity contribution in [2.45, 2.75) is 26.2 Å². The Labute approximate surface area is 125 Å². The van der Waals surface area contributed by atoms with Crippen LogP contribution >= 0.6 is 0 Å². The molecule has 0 bridgehead atoms. The Balaban J connectivity index is 1.68. The number of carbonyl (C=O) groups is 1. The Kier molecular flexibility index (Phi) is 5.43. The predicted molar refractivity (Wildman–Crippen MR) is 81.4 cm³/mol. The zero-order valence-electron chi connectivity index (χ0n) is 12.5. The molecule has 4 heteroatoms. The van der Waals surface area contributed by atoms with Crippen LogP contribution in [-0.2, 0) is 11.2 Å². The molecule has 1 N–H and O–H groups in total. The number of rotatable bonds is 7. The lowest BCUT2D eigenvalue weighted by Crippen LogP contribution is -2.30. The molecule has 0 fully saturated rings. The van der Waals surface area contributed by atoms with Crippen LogP contribution in [0.2, 0.25) is 0 Å². The first-order chi connectivity index (χ1) is 10.1. The van der Waals surface area contributed by atoms with E-state index in [1.165, 1.54) is 5.56 Å². The summed E-state index contributed by atoms with van der Waals surface area (Å²) >= 11 is 0. The quantitative estimate of drug-likeness (QED) is 0.851. The number of ether oxygens (including phenoxy) is 1. The molecule has 2 rings (SSSR count). The van der Waals surface area contributed by atoms with Gasteiger partial charge in [-0.25, -0.2) is 0 Å². The zero-order valence-corrected chi connectivity index (χ0v) is 12.5. The van der Waals surface area contributed by atoms with Gasteiger partial charge in [-0.1, -0.05) is 26.0 Å². The first-order valence-electron chi connectivity index (χ1n) is 7.15. The van der Waals surface area contributed by atoms with Crippen molar-refractivity contribution in [2.24, 2.45) is 0 Å². The molecule has 4 nitrogen and oxygen atoms in total. The van der Waals surface area contributed by atoms with E-state index in [0.29, 0.717) is 18.2 Å². The van der Waals surface area contributed by atoms with Gasteiger partial charge in [0.05, 0.1) is 12.5 Å². The van der Waals surface area contributed by atoms with Crippen molar-refractivity contribution in [3.8, 4) is 5.75 Å². The molecule has 2 aromatic rings. The molecule has 0 radical (unpaired) electrons. The van der Waals surface area contributed by atoms with Crippen LogP contribution in [0.15, 0.2) is 47.3 Å². The third kappa shape index (κ3) is 4.99. The monoisotopic (exact) mass is 287 g/mol. The van der Waals surface area contributed by atoms with Crippen LogP contribution in [0.4, 0.5) is 0 Å². The van der Waals surface area contributed by atoms with Crippen LogP contribution in [0.1, 0.15) is 30.9 Å². The molecule has 0 aliphatic heterocycles. The number of hydrogen-bond donors (Lipinski definition) is 1. The van der Waals surface area contributed by atoms with E-state index in [1.807, 2.05) is 30.3 Å². The van der Waals surface area contributed by atoms with E-state index in [4.69, 9.17) is 9.15 Å². The summed E-state index contributed by atoms with van der Waals surface area (Å²) in [6.45, 7) is 4.90. The second-order valence-corrected chi connectivity index (χ2v) is 5.24. The number of amides is 1. The summed E-state index contributed by atoms with van der Waals surface area (Å²) in [4.78, 5) is 11.7. The van der Waals surface area contributed by atoms with Gasteiger partial charge in [-0.15, -0.1) is 0 Å². The molecule has 1 aromatic carbocycles. The number of carbonyl (C=O) groups excluding carboxylic acids is 1. The second-order valence-electron chi connectivity index (χ2n) is 5.24. The third-order valence-electron chi connectivity index (χ3n) is 3.23. The minimum Gasteiger partial charge on any atom is -0.484 e. The van der Waals surface area contributed by atoms with Crippen molar-refractivity contribution >= 4 is 5.91 Å². The first-order valence-corrected chi connectivity index (χ1v) is 7.15. The van der Waals surface area contributed by atoms with Crippen molar-refractivity contribution < 1.29 is 13.9 Å². The molecular weight excluding hydrogens is 266 g/mol. The smallest absolute Gasteiger partial charge is 0.257 e. The zero-order chi connectivity index (χ0) is 15.1. The highest BCUT2D eigenvalue weighted by molar-refractivity contribution is 5.77. The van der Waals surface area contributed by atoms with E-state index in [-0.39, 0.29) is 12.5 Å². The van der Waals surface area contributed by atoms with Crippen LogP contribution in [-0.4, -0.2) is 19.1 Å². The Hall–Kier alpha value is -2.23. The lowest BCUT2D eigenvalue weighted by molar-refractivity contribution is -0.123. The second kappa shape index (κ2) is 7.53. The third-order valence-corrected chi connectivity index (χ3v) is 3.23. The molecule has 1 heterocycles. The molecule has 0 spiro atoms. The Morgan fingerprint density at radius 3 is 2.62 bits per heavy atom. The van der Waals surface area contributed by atoms with Crippen LogP contribution in [0.5, 0.6) is 5.75 Å². The van der Waals surface area contributed by atoms with Crippen molar-refractivity contribution in [3.05, 3.63) is 54.0 Å². The van der Waals surface area contributed by atoms with Crippen molar-refractivity contribution in [3.63, 3.8) is 0 Å². The summed E-state index contributed by atoms with van der Waals surface area (Å²) in [7, 11) is 0. The highest BCUT2D eigenvalue weighted by Gasteiger charge is 2.04. The van der Waals surface area contributed by atoms with Gasteiger partial charge in [0.1, 0.15) is 5.75 Å². The molecule has 0 atom stereocenters. The highest BCUT2D eigenvalue weighted by Crippen LogP contribution is 2.18. The summed E-state index contributed by atoms with van der Waals surface area (Å²) in [5.41, 5.74) is 2.33. The summed E-state index contributed by atoms with van der Waals surface area (Å²) in [5.74, 6) is 1.08. The summed E-state index contributed by atoms with van der Waals surface area (Å²) < 4.78 is 10.4. The highest BCUT2D eigenvalue weighted by atomic mass is 16.5. The van der Waals surface area contributed by atoms with E-state index in [9.17, 15) is 4.79 Å². The van der Waals surface area contributed by atoms with E-state index in [0.717, 1.165) is 12.0 Å². The molecule has 0 saturated carbocycles. The SMILES string of the molecule is CC(C)c1ccc(OCC(=O)NCCc2ccoc2)cc1. The van der Waals surface area contributed by atoms with Crippen LogP contribution < -0.4 is 10.1 Å². The average molecular weight is 287 g/mol. The summed E-state index contributed by atoms with van der Waals surface area (Å²) in [5, 5.41) is 2.82. The first kappa shape index (κ1) is 15.2. The van der Waals surface area contributed by atoms with Gasteiger partial charge in [0.25, 0.3) is 5.91 Å². The van der Waals surface area contributed by atoms with E-state index in [1.54, 1.807) is 12.5 Å². The fourth-order valence-electron chi connectivity index (χ4n) is 1.93. The van der Waals surface area contributed by atoms with Gasteiger partial charge in [0, 0.05) is 6.54 Å². The maximum Gasteiger partial charge on any atom is 0.257 e. The minimum absolute atomic E-state index is 0.0341. The van der Waals surface area contributed by atoms with E-state index in [2.05, 4.69) is 19.2 Å². The van der Waals surface area contributed by atoms with E-state index < -0.39 is 0 Å².